The van der Waals surface area contributed by atoms with E-state index in [9.17, 15) is 9.59 Å². The van der Waals surface area contributed by atoms with Crippen molar-refractivity contribution >= 4 is 57.9 Å². The van der Waals surface area contributed by atoms with Crippen molar-refractivity contribution in [3.8, 4) is 22.8 Å². The fourth-order valence-electron chi connectivity index (χ4n) is 7.49. The molecule has 6 aromatic rings. The maximum Gasteiger partial charge on any atom is 0.410 e. The first-order chi connectivity index (χ1) is 28.2. The third-order valence-electron chi connectivity index (χ3n) is 10.7. The van der Waals surface area contributed by atoms with Crippen LogP contribution in [0.2, 0.25) is 0 Å². The minimum Gasteiger partial charge on any atom is -0.444 e. The second kappa shape index (κ2) is 17.3. The quantitative estimate of drug-likeness (QED) is 0.148. The summed E-state index contributed by atoms with van der Waals surface area (Å²) in [5, 5.41) is 11.2. The molecule has 19 heteroatoms. The standard InChI is InChI=1S/C21H29N7O2S.C19H25N7OS/c1-7-28-13(2)15(10-24-28)17-25-16-18(26(17)6)22-12-23-19(16)31-14-8-9-27(11-14)20(29)30-21(3,4)5;1-5-15(27)25-8-7-13(10-25)28-19-16-18(20-11-21-19)24(4)17(23-16)14-9-22-26(6-2)12(14)3/h10,12,14H,7-9,11H2,1-6H3;9,11,13H,5-8,10H2,1-4H3. The van der Waals surface area contributed by atoms with Gasteiger partial charge in [0.2, 0.25) is 5.91 Å². The molecule has 2 amide bonds. The molecule has 2 aliphatic rings. The van der Waals surface area contributed by atoms with Crippen LogP contribution in [-0.2, 0) is 36.7 Å². The molecular formula is C40H54N14O3S2. The van der Waals surface area contributed by atoms with E-state index in [1.165, 1.54) is 0 Å². The number of carbonyl (C=O) groups is 2. The third-order valence-corrected chi connectivity index (χ3v) is 13.2. The predicted molar refractivity (Wildman–Crippen MR) is 229 cm³/mol. The van der Waals surface area contributed by atoms with Gasteiger partial charge >= 0.3 is 6.09 Å². The maximum atomic E-state index is 12.4. The third kappa shape index (κ3) is 8.67. The Bertz CT molecular complexity index is 2480. The molecule has 2 aliphatic heterocycles. The van der Waals surface area contributed by atoms with Crippen LogP contribution in [0.5, 0.6) is 0 Å². The lowest BCUT2D eigenvalue weighted by molar-refractivity contribution is -0.129. The average molecular weight is 843 g/mol. The molecule has 8 heterocycles. The first kappa shape index (κ1) is 42.1. The van der Waals surface area contributed by atoms with Gasteiger partial charge in [0, 0.05) is 81.7 Å². The highest BCUT2D eigenvalue weighted by atomic mass is 32.2. The van der Waals surface area contributed by atoms with Gasteiger partial charge in [-0.2, -0.15) is 10.2 Å². The molecule has 0 N–H and O–H groups in total. The van der Waals surface area contributed by atoms with Crippen LogP contribution in [0.1, 0.15) is 72.2 Å². The number of nitrogens with zero attached hydrogens (tertiary/aromatic N) is 14. The fraction of sp³-hybridized carbons (Fsp3) is 0.550. The summed E-state index contributed by atoms with van der Waals surface area (Å²) in [7, 11) is 3.95. The Morgan fingerprint density at radius 2 is 1.19 bits per heavy atom. The number of amides is 2. The number of rotatable bonds is 9. The smallest absolute Gasteiger partial charge is 0.410 e. The number of imidazole rings is 2. The Morgan fingerprint density at radius 1 is 0.729 bits per heavy atom. The first-order valence-electron chi connectivity index (χ1n) is 20.2. The molecule has 2 unspecified atom stereocenters. The monoisotopic (exact) mass is 842 g/mol. The normalized spacial score (nSPS) is 17.0. The van der Waals surface area contributed by atoms with E-state index in [0.29, 0.717) is 24.8 Å². The van der Waals surface area contributed by atoms with Crippen LogP contribution < -0.4 is 0 Å². The second-order valence-electron chi connectivity index (χ2n) is 15.8. The Balaban J connectivity index is 0.000000180. The number of aromatic nitrogens is 12. The summed E-state index contributed by atoms with van der Waals surface area (Å²) in [5.74, 6) is 1.90. The van der Waals surface area contributed by atoms with E-state index in [4.69, 9.17) is 14.7 Å². The predicted octanol–water partition coefficient (Wildman–Crippen LogP) is 6.31. The molecule has 59 heavy (non-hydrogen) atoms. The molecule has 17 nitrogen and oxygen atoms in total. The first-order valence-corrected chi connectivity index (χ1v) is 22.0. The lowest BCUT2D eigenvalue weighted by Crippen LogP contribution is -2.35. The van der Waals surface area contributed by atoms with Crippen LogP contribution in [0.25, 0.3) is 45.1 Å². The molecule has 0 spiro atoms. The van der Waals surface area contributed by atoms with Crippen LogP contribution in [0.15, 0.2) is 35.1 Å². The Hall–Kier alpha value is -5.04. The number of ether oxygens (including phenoxy) is 1. The van der Waals surface area contributed by atoms with Gasteiger partial charge in [-0.15, -0.1) is 0 Å². The van der Waals surface area contributed by atoms with E-state index in [2.05, 4.69) is 57.8 Å². The summed E-state index contributed by atoms with van der Waals surface area (Å²) in [6.45, 7) is 20.4. The summed E-state index contributed by atoms with van der Waals surface area (Å²) in [5.41, 5.74) is 6.88. The lowest BCUT2D eigenvalue weighted by atomic mass is 10.2. The highest BCUT2D eigenvalue weighted by Gasteiger charge is 2.32. The summed E-state index contributed by atoms with van der Waals surface area (Å²) < 4.78 is 13.4. The molecular weight excluding hydrogens is 789 g/mol. The van der Waals surface area contributed by atoms with E-state index in [0.717, 1.165) is 106 Å². The average Bonchev–Trinajstić information content (AvgIpc) is 4.08. The van der Waals surface area contributed by atoms with E-state index in [-0.39, 0.29) is 17.3 Å². The molecule has 2 atom stereocenters. The van der Waals surface area contributed by atoms with E-state index < -0.39 is 5.60 Å². The van der Waals surface area contributed by atoms with Crippen LogP contribution in [0.3, 0.4) is 0 Å². The zero-order chi connectivity index (χ0) is 42.2. The minimum absolute atomic E-state index is 0.222. The zero-order valence-corrected chi connectivity index (χ0v) is 37.3. The SMILES string of the molecule is CCC(=O)N1CCC(Sc2ncnc3c2nc(-c2cnn(CC)c2C)n3C)C1.CCn1ncc(-c2nc3c(SC4CCN(C(=O)OC(C)(C)C)C4)ncnc3n2C)c1C. The van der Waals surface area contributed by atoms with Gasteiger partial charge in [0.15, 0.2) is 11.3 Å². The van der Waals surface area contributed by atoms with Crippen molar-refractivity contribution < 1.29 is 14.3 Å². The van der Waals surface area contributed by atoms with Gasteiger partial charge in [0.1, 0.15) is 51.0 Å². The molecule has 2 saturated heterocycles. The number of likely N-dealkylation sites (tertiary alicyclic amines) is 2. The molecule has 6 aromatic heterocycles. The number of thioether (sulfide) groups is 2. The summed E-state index contributed by atoms with van der Waals surface area (Å²) in [6, 6.07) is 0. The van der Waals surface area contributed by atoms with E-state index >= 15 is 0 Å². The van der Waals surface area contributed by atoms with Crippen molar-refractivity contribution in [1.29, 1.82) is 0 Å². The molecule has 0 saturated carbocycles. The van der Waals surface area contributed by atoms with Crippen LogP contribution in [0, 0.1) is 13.8 Å². The number of fused-ring (bicyclic) bond motifs is 2. The number of hydrogen-bond donors (Lipinski definition) is 0. The van der Waals surface area contributed by atoms with Crippen LogP contribution in [-0.4, -0.2) is 123 Å². The van der Waals surface area contributed by atoms with Crippen molar-refractivity contribution in [3.05, 3.63) is 36.4 Å². The lowest BCUT2D eigenvalue weighted by Gasteiger charge is -2.24. The number of hydrogen-bond acceptors (Lipinski definition) is 13. The van der Waals surface area contributed by atoms with Gasteiger partial charge in [-0.05, 0) is 61.3 Å². The van der Waals surface area contributed by atoms with E-state index in [1.54, 1.807) is 41.1 Å². The van der Waals surface area contributed by atoms with Gasteiger partial charge in [0.25, 0.3) is 0 Å². The minimum atomic E-state index is -0.491. The number of carbonyl (C=O) groups excluding carboxylic acids is 2. The maximum absolute atomic E-state index is 12.4. The van der Waals surface area contributed by atoms with Gasteiger partial charge in [0.05, 0.1) is 23.5 Å². The molecule has 8 rings (SSSR count). The van der Waals surface area contributed by atoms with Crippen LogP contribution in [0.4, 0.5) is 4.79 Å². The topological polar surface area (TPSA) is 173 Å². The van der Waals surface area contributed by atoms with Crippen molar-refractivity contribution in [3.63, 3.8) is 0 Å². The molecule has 2 fully saturated rings. The molecule has 0 aliphatic carbocycles. The largest absolute Gasteiger partial charge is 0.444 e. The van der Waals surface area contributed by atoms with Gasteiger partial charge in [-0.3, -0.25) is 14.2 Å². The zero-order valence-electron chi connectivity index (χ0n) is 35.6. The van der Waals surface area contributed by atoms with Gasteiger partial charge in [-0.25, -0.2) is 34.7 Å². The summed E-state index contributed by atoms with van der Waals surface area (Å²) in [6.07, 6.45) is 9.07. The molecule has 0 aromatic carbocycles. The Labute approximate surface area is 352 Å². The van der Waals surface area contributed by atoms with E-state index in [1.807, 2.05) is 77.6 Å². The summed E-state index contributed by atoms with van der Waals surface area (Å²) in [4.78, 5) is 55.8. The highest BCUT2D eigenvalue weighted by Crippen LogP contribution is 2.36. The van der Waals surface area contributed by atoms with Crippen LogP contribution >= 0.6 is 23.5 Å². The molecule has 0 radical (unpaired) electrons. The fourth-order valence-corrected chi connectivity index (χ4v) is 9.79. The van der Waals surface area contributed by atoms with Crippen molar-refractivity contribution in [2.24, 2.45) is 14.1 Å². The summed E-state index contributed by atoms with van der Waals surface area (Å²) >= 11 is 3.36. The molecule has 0 bridgehead atoms. The van der Waals surface area contributed by atoms with Crippen molar-refractivity contribution in [2.75, 3.05) is 26.2 Å². The van der Waals surface area contributed by atoms with Crippen molar-refractivity contribution in [1.82, 2.24) is 68.4 Å². The molecule has 314 valence electrons. The Morgan fingerprint density at radius 3 is 1.61 bits per heavy atom. The number of aryl methyl sites for hydroxylation is 4. The highest BCUT2D eigenvalue weighted by molar-refractivity contribution is 8.00. The second-order valence-corrected chi connectivity index (χ2v) is 18.4. The van der Waals surface area contributed by atoms with Gasteiger partial charge in [-0.1, -0.05) is 30.4 Å². The van der Waals surface area contributed by atoms with Crippen molar-refractivity contribution in [2.45, 2.75) is 114 Å². The Kier molecular flexibility index (Phi) is 12.3. The van der Waals surface area contributed by atoms with Gasteiger partial charge < -0.3 is 23.7 Å².